The molecule has 0 aliphatic rings. The number of benzene rings is 2. The summed E-state index contributed by atoms with van der Waals surface area (Å²) in [5.74, 6) is 0.893. The summed E-state index contributed by atoms with van der Waals surface area (Å²) in [4.78, 5) is 4.60. The van der Waals surface area contributed by atoms with E-state index in [1.165, 1.54) is 0 Å². The predicted octanol–water partition coefficient (Wildman–Crippen LogP) is 2.87. The largest absolute Gasteiger partial charge is 0.339 e. The smallest absolute Gasteiger partial charge is 0.240 e. The quantitative estimate of drug-likeness (QED) is 0.733. The lowest BCUT2D eigenvalue weighted by atomic mass is 10.1. The molecule has 0 amide bonds. The van der Waals surface area contributed by atoms with Gasteiger partial charge in [-0.25, -0.2) is 13.1 Å². The van der Waals surface area contributed by atoms with Crippen LogP contribution in [-0.4, -0.2) is 25.1 Å². The zero-order chi connectivity index (χ0) is 17.9. The summed E-state index contributed by atoms with van der Waals surface area (Å²) in [5.41, 5.74) is 2.68. The van der Waals surface area contributed by atoms with E-state index in [0.29, 0.717) is 23.7 Å². The van der Waals surface area contributed by atoms with Gasteiger partial charge < -0.3 is 4.52 Å². The Morgan fingerprint density at radius 1 is 1.08 bits per heavy atom. The highest BCUT2D eigenvalue weighted by atomic mass is 32.2. The van der Waals surface area contributed by atoms with Gasteiger partial charge in [-0.2, -0.15) is 4.98 Å². The Kier molecular flexibility index (Phi) is 4.96. The normalized spacial score (nSPS) is 11.6. The summed E-state index contributed by atoms with van der Waals surface area (Å²) in [6.45, 7) is 3.94. The Hall–Kier alpha value is -2.51. The minimum Gasteiger partial charge on any atom is -0.339 e. The van der Waals surface area contributed by atoms with Crippen LogP contribution in [0.1, 0.15) is 17.0 Å². The molecule has 25 heavy (non-hydrogen) atoms. The van der Waals surface area contributed by atoms with Crippen molar-refractivity contribution >= 4 is 10.0 Å². The number of hydrogen-bond acceptors (Lipinski definition) is 5. The van der Waals surface area contributed by atoms with Crippen LogP contribution in [0.2, 0.25) is 0 Å². The van der Waals surface area contributed by atoms with Crippen LogP contribution in [0, 0.1) is 13.8 Å². The lowest BCUT2D eigenvalue weighted by molar-refractivity contribution is 0.379. The highest BCUT2D eigenvalue weighted by molar-refractivity contribution is 7.89. The number of rotatable bonds is 6. The SMILES string of the molecule is Cc1cccc(-c2noc(CCNS(=O)(=O)c3ccccc3C)n2)c1. The van der Waals surface area contributed by atoms with Crippen LogP contribution in [0.3, 0.4) is 0 Å². The highest BCUT2D eigenvalue weighted by Crippen LogP contribution is 2.17. The zero-order valence-corrected chi connectivity index (χ0v) is 14.9. The van der Waals surface area contributed by atoms with Crippen molar-refractivity contribution in [3.05, 3.63) is 65.5 Å². The summed E-state index contributed by atoms with van der Waals surface area (Å²) in [5, 5.41) is 3.95. The summed E-state index contributed by atoms with van der Waals surface area (Å²) < 4.78 is 32.4. The van der Waals surface area contributed by atoms with Crippen molar-refractivity contribution in [1.29, 1.82) is 0 Å². The second kappa shape index (κ2) is 7.16. The van der Waals surface area contributed by atoms with Crippen LogP contribution < -0.4 is 4.72 Å². The van der Waals surface area contributed by atoms with Gasteiger partial charge in [0.15, 0.2) is 0 Å². The molecule has 0 radical (unpaired) electrons. The summed E-state index contributed by atoms with van der Waals surface area (Å²) in [6, 6.07) is 14.6. The van der Waals surface area contributed by atoms with Crippen molar-refractivity contribution in [3.63, 3.8) is 0 Å². The maximum Gasteiger partial charge on any atom is 0.240 e. The minimum atomic E-state index is -3.55. The van der Waals surface area contributed by atoms with Crippen molar-refractivity contribution in [1.82, 2.24) is 14.9 Å². The first-order valence-corrected chi connectivity index (χ1v) is 9.39. The topological polar surface area (TPSA) is 85.1 Å². The summed E-state index contributed by atoms with van der Waals surface area (Å²) >= 11 is 0. The lowest BCUT2D eigenvalue weighted by Gasteiger charge is -2.07. The molecule has 1 heterocycles. The Balaban J connectivity index is 1.64. The molecule has 0 aliphatic heterocycles. The number of sulfonamides is 1. The van der Waals surface area contributed by atoms with Crippen molar-refractivity contribution in [3.8, 4) is 11.4 Å². The standard InChI is InChI=1S/C18H19N3O3S/c1-13-6-5-8-15(12-13)18-20-17(24-21-18)10-11-19-25(22,23)16-9-4-3-7-14(16)2/h3-9,12,19H,10-11H2,1-2H3. The third-order valence-electron chi connectivity index (χ3n) is 3.76. The van der Waals surface area contributed by atoms with Crippen LogP contribution in [0.25, 0.3) is 11.4 Å². The number of hydrogen-bond donors (Lipinski definition) is 1. The van der Waals surface area contributed by atoms with Crippen LogP contribution in [0.15, 0.2) is 57.9 Å². The fraction of sp³-hybridized carbons (Fsp3) is 0.222. The predicted molar refractivity (Wildman–Crippen MR) is 94.5 cm³/mol. The first-order chi connectivity index (χ1) is 12.0. The zero-order valence-electron chi connectivity index (χ0n) is 14.1. The van der Waals surface area contributed by atoms with Gasteiger partial charge in [0.05, 0.1) is 4.90 Å². The van der Waals surface area contributed by atoms with Gasteiger partial charge in [-0.05, 0) is 31.5 Å². The fourth-order valence-electron chi connectivity index (χ4n) is 2.49. The molecule has 0 atom stereocenters. The van der Waals surface area contributed by atoms with E-state index in [-0.39, 0.29) is 11.4 Å². The Labute approximate surface area is 147 Å². The lowest BCUT2D eigenvalue weighted by Crippen LogP contribution is -2.26. The third kappa shape index (κ3) is 4.12. The Morgan fingerprint density at radius 2 is 1.88 bits per heavy atom. The van der Waals surface area contributed by atoms with Gasteiger partial charge >= 0.3 is 0 Å². The molecule has 0 saturated heterocycles. The first-order valence-electron chi connectivity index (χ1n) is 7.90. The van der Waals surface area contributed by atoms with Crippen LogP contribution in [0.4, 0.5) is 0 Å². The molecular weight excluding hydrogens is 338 g/mol. The van der Waals surface area contributed by atoms with Crippen molar-refractivity contribution < 1.29 is 12.9 Å². The average molecular weight is 357 g/mol. The number of aryl methyl sites for hydroxylation is 2. The molecule has 1 N–H and O–H groups in total. The molecule has 0 unspecified atom stereocenters. The molecule has 2 aromatic carbocycles. The maximum absolute atomic E-state index is 12.3. The highest BCUT2D eigenvalue weighted by Gasteiger charge is 2.16. The Bertz CT molecular complexity index is 980. The van der Waals surface area contributed by atoms with E-state index < -0.39 is 10.0 Å². The molecule has 3 rings (SSSR count). The molecule has 130 valence electrons. The average Bonchev–Trinajstić information content (AvgIpc) is 3.04. The van der Waals surface area contributed by atoms with Crippen molar-refractivity contribution in [2.75, 3.05) is 6.54 Å². The van der Waals surface area contributed by atoms with Gasteiger partial charge in [0.1, 0.15) is 0 Å². The summed E-state index contributed by atoms with van der Waals surface area (Å²) in [6.07, 6.45) is 0.323. The fourth-order valence-corrected chi connectivity index (χ4v) is 3.76. The molecule has 0 spiro atoms. The molecule has 0 saturated carbocycles. The van der Waals surface area contributed by atoms with Gasteiger partial charge in [-0.3, -0.25) is 0 Å². The number of nitrogens with zero attached hydrogens (tertiary/aromatic N) is 2. The van der Waals surface area contributed by atoms with Gasteiger partial charge in [0.2, 0.25) is 21.7 Å². The molecule has 6 nitrogen and oxygen atoms in total. The molecule has 0 bridgehead atoms. The molecular formula is C18H19N3O3S. The van der Waals surface area contributed by atoms with E-state index in [2.05, 4.69) is 14.9 Å². The molecule has 1 aromatic heterocycles. The van der Waals surface area contributed by atoms with E-state index in [4.69, 9.17) is 4.52 Å². The van der Waals surface area contributed by atoms with Crippen LogP contribution >= 0.6 is 0 Å². The van der Waals surface area contributed by atoms with E-state index in [1.54, 1.807) is 31.2 Å². The van der Waals surface area contributed by atoms with Crippen molar-refractivity contribution in [2.24, 2.45) is 0 Å². The third-order valence-corrected chi connectivity index (χ3v) is 5.38. The molecule has 0 fully saturated rings. The number of nitrogens with one attached hydrogen (secondary N) is 1. The first kappa shape index (κ1) is 17.3. The van der Waals surface area contributed by atoms with Crippen LogP contribution in [-0.2, 0) is 16.4 Å². The molecule has 7 heteroatoms. The maximum atomic E-state index is 12.3. The van der Waals surface area contributed by atoms with E-state index in [9.17, 15) is 8.42 Å². The van der Waals surface area contributed by atoms with E-state index >= 15 is 0 Å². The summed E-state index contributed by atoms with van der Waals surface area (Å²) in [7, 11) is -3.55. The van der Waals surface area contributed by atoms with Gasteiger partial charge in [-0.1, -0.05) is 47.1 Å². The van der Waals surface area contributed by atoms with Gasteiger partial charge in [0, 0.05) is 18.5 Å². The van der Waals surface area contributed by atoms with Crippen LogP contribution in [0.5, 0.6) is 0 Å². The van der Waals surface area contributed by atoms with Gasteiger partial charge in [0.25, 0.3) is 0 Å². The monoisotopic (exact) mass is 357 g/mol. The second-order valence-electron chi connectivity index (χ2n) is 5.79. The molecule has 3 aromatic rings. The van der Waals surface area contributed by atoms with E-state index in [0.717, 1.165) is 11.1 Å². The Morgan fingerprint density at radius 3 is 2.64 bits per heavy atom. The second-order valence-corrected chi connectivity index (χ2v) is 7.53. The minimum absolute atomic E-state index is 0.187. The number of aromatic nitrogens is 2. The van der Waals surface area contributed by atoms with Crippen molar-refractivity contribution in [2.45, 2.75) is 25.2 Å². The molecule has 0 aliphatic carbocycles. The van der Waals surface area contributed by atoms with E-state index in [1.807, 2.05) is 31.2 Å². The van der Waals surface area contributed by atoms with Gasteiger partial charge in [-0.15, -0.1) is 0 Å².